The topological polar surface area (TPSA) is 0 Å². The lowest BCUT2D eigenvalue weighted by molar-refractivity contribution is 0.989. The molecule has 0 saturated carbocycles. The number of halogens is 1. The molecule has 1 aliphatic rings. The Balaban J connectivity index is 2.28. The first-order valence-electron chi connectivity index (χ1n) is 5.89. The van der Waals surface area contributed by atoms with Crippen molar-refractivity contribution in [2.75, 3.05) is 0 Å². The molecule has 1 fully saturated rings. The number of hydrogen-bond acceptors (Lipinski definition) is 0. The Morgan fingerprint density at radius 3 is 2.23 bits per heavy atom. The zero-order valence-corrected chi connectivity index (χ0v) is 12.9. The summed E-state index contributed by atoms with van der Waals surface area (Å²) >= 11 is 4.10. The zero-order valence-electron chi connectivity index (χ0n) is 9.11. The molecule has 1 heterocycles. The molecule has 0 radical (unpaired) electrons. The smallest absolute Gasteiger partial charge is 0.126 e. The minimum Gasteiger partial charge on any atom is -0.126 e. The van der Waals surface area contributed by atoms with Gasteiger partial charge in [-0.3, -0.25) is 0 Å². The minimum atomic E-state index is -0.860. The van der Waals surface area contributed by atoms with Crippen LogP contribution >= 0.6 is 15.3 Å². The van der Waals surface area contributed by atoms with E-state index in [1.54, 1.807) is 30.2 Å². The predicted octanol–water partition coefficient (Wildman–Crippen LogP) is 4.39. The Bertz CT molecular complexity index is 142. The predicted molar refractivity (Wildman–Crippen MR) is 71.3 cm³/mol. The second-order valence-electron chi connectivity index (χ2n) is 4.63. The van der Waals surface area contributed by atoms with Gasteiger partial charge in [0, 0.05) is 8.80 Å². The van der Waals surface area contributed by atoms with Crippen LogP contribution in [0.2, 0.25) is 36.3 Å². The fourth-order valence-corrected chi connectivity index (χ4v) is 18.6. The van der Waals surface area contributed by atoms with Gasteiger partial charge < -0.3 is 0 Å². The third-order valence-electron chi connectivity index (χ3n) is 3.40. The third kappa shape index (κ3) is 3.88. The molecule has 0 aromatic carbocycles. The van der Waals surface area contributed by atoms with Gasteiger partial charge in [-0.15, -0.1) is 15.3 Å². The second kappa shape index (κ2) is 5.71. The highest BCUT2D eigenvalue weighted by Gasteiger charge is 2.34. The van der Waals surface area contributed by atoms with Crippen LogP contribution in [0.15, 0.2) is 0 Å². The molecule has 0 N–H and O–H groups in total. The largest absolute Gasteiger partial charge is 0.129 e. The van der Waals surface area contributed by atoms with Crippen LogP contribution < -0.4 is 0 Å². The number of hydrogen-bond donors (Lipinski definition) is 0. The SMILES string of the molecule is CCC[SiH]1CC[Si](Br)(CCC)CC1. The molecule has 0 aliphatic carbocycles. The summed E-state index contributed by atoms with van der Waals surface area (Å²) in [6, 6.07) is 9.68. The van der Waals surface area contributed by atoms with Crippen molar-refractivity contribution in [1.29, 1.82) is 0 Å². The van der Waals surface area contributed by atoms with Crippen LogP contribution in [0.25, 0.3) is 0 Å². The summed E-state index contributed by atoms with van der Waals surface area (Å²) in [5.41, 5.74) is 0. The van der Waals surface area contributed by atoms with Crippen molar-refractivity contribution in [3.8, 4) is 0 Å². The lowest BCUT2D eigenvalue weighted by Crippen LogP contribution is -2.34. The Morgan fingerprint density at radius 1 is 1.15 bits per heavy atom. The van der Waals surface area contributed by atoms with Crippen molar-refractivity contribution in [3.63, 3.8) is 0 Å². The average molecular weight is 279 g/mol. The molecule has 78 valence electrons. The van der Waals surface area contributed by atoms with Crippen LogP contribution in [-0.2, 0) is 0 Å². The van der Waals surface area contributed by atoms with E-state index in [1.165, 1.54) is 18.9 Å². The van der Waals surface area contributed by atoms with Crippen molar-refractivity contribution in [2.45, 2.75) is 63.0 Å². The van der Waals surface area contributed by atoms with Crippen molar-refractivity contribution in [2.24, 2.45) is 0 Å². The maximum Gasteiger partial charge on any atom is 0.129 e. The van der Waals surface area contributed by atoms with E-state index in [-0.39, 0.29) is 8.80 Å². The first kappa shape index (κ1) is 12.0. The van der Waals surface area contributed by atoms with E-state index in [4.69, 9.17) is 0 Å². The van der Waals surface area contributed by atoms with Crippen molar-refractivity contribution in [1.82, 2.24) is 0 Å². The maximum atomic E-state index is 4.10. The zero-order chi connectivity index (χ0) is 9.73. The molecular formula is C10H23BrSi2. The van der Waals surface area contributed by atoms with E-state index < -0.39 is 6.69 Å². The van der Waals surface area contributed by atoms with Crippen molar-refractivity contribution >= 4 is 30.8 Å². The molecule has 0 aromatic heterocycles. The van der Waals surface area contributed by atoms with E-state index >= 15 is 0 Å². The van der Waals surface area contributed by atoms with E-state index in [9.17, 15) is 0 Å². The van der Waals surface area contributed by atoms with Gasteiger partial charge in [-0.25, -0.2) is 0 Å². The molecule has 0 amide bonds. The molecule has 0 atom stereocenters. The van der Waals surface area contributed by atoms with Gasteiger partial charge in [0.2, 0.25) is 0 Å². The molecule has 1 saturated heterocycles. The second-order valence-corrected chi connectivity index (χ2v) is 16.9. The van der Waals surface area contributed by atoms with E-state index in [1.807, 2.05) is 0 Å². The molecule has 0 bridgehead atoms. The molecule has 13 heavy (non-hydrogen) atoms. The highest BCUT2D eigenvalue weighted by Crippen LogP contribution is 2.39. The van der Waals surface area contributed by atoms with E-state index in [2.05, 4.69) is 29.1 Å². The van der Waals surface area contributed by atoms with E-state index in [0.717, 1.165) is 0 Å². The van der Waals surface area contributed by atoms with Crippen molar-refractivity contribution < 1.29 is 0 Å². The molecule has 0 nitrogen and oxygen atoms in total. The van der Waals surface area contributed by atoms with Crippen LogP contribution in [0, 0.1) is 0 Å². The summed E-state index contributed by atoms with van der Waals surface area (Å²) in [6.45, 7) is 3.83. The van der Waals surface area contributed by atoms with Crippen LogP contribution in [0.1, 0.15) is 26.7 Å². The highest BCUT2D eigenvalue weighted by atomic mass is 79.9. The third-order valence-corrected chi connectivity index (χ3v) is 15.5. The van der Waals surface area contributed by atoms with Gasteiger partial charge >= 0.3 is 0 Å². The summed E-state index contributed by atoms with van der Waals surface area (Å²) in [7, 11) is -0.229. The van der Waals surface area contributed by atoms with Crippen molar-refractivity contribution in [3.05, 3.63) is 0 Å². The van der Waals surface area contributed by atoms with Gasteiger partial charge in [-0.1, -0.05) is 56.9 Å². The maximum absolute atomic E-state index is 4.10. The van der Waals surface area contributed by atoms with Crippen LogP contribution in [0.3, 0.4) is 0 Å². The number of rotatable bonds is 4. The Kier molecular flexibility index (Phi) is 5.27. The summed E-state index contributed by atoms with van der Waals surface area (Å²) in [4.78, 5) is 0. The first-order chi connectivity index (χ1) is 6.20. The summed E-state index contributed by atoms with van der Waals surface area (Å²) in [6.07, 6.45) is 2.85. The molecule has 1 aliphatic heterocycles. The summed E-state index contributed by atoms with van der Waals surface area (Å²) < 4.78 is 0. The van der Waals surface area contributed by atoms with Gasteiger partial charge in [0.15, 0.2) is 0 Å². The highest BCUT2D eigenvalue weighted by molar-refractivity contribution is 9.26. The van der Waals surface area contributed by atoms with E-state index in [0.29, 0.717) is 0 Å². The first-order valence-corrected chi connectivity index (χ1v) is 13.2. The van der Waals surface area contributed by atoms with Gasteiger partial charge in [0.25, 0.3) is 0 Å². The molecule has 3 heteroatoms. The molecular weight excluding hydrogens is 256 g/mol. The van der Waals surface area contributed by atoms with Crippen LogP contribution in [0.5, 0.6) is 0 Å². The standard InChI is InChI=1S/C10H23BrSi2/c1-3-5-12-6-9-13(11,8-4-2)10-7-12/h12H,3-10H2,1-2H3. The quantitative estimate of drug-likeness (QED) is 0.529. The molecule has 0 unspecified atom stereocenters. The van der Waals surface area contributed by atoms with Gasteiger partial charge in [-0.2, -0.15) is 0 Å². The fourth-order valence-electron chi connectivity index (χ4n) is 2.59. The minimum absolute atomic E-state index is 0.229. The molecule has 0 aromatic rings. The van der Waals surface area contributed by atoms with Gasteiger partial charge in [0.05, 0.1) is 0 Å². The van der Waals surface area contributed by atoms with Crippen LogP contribution in [0.4, 0.5) is 0 Å². The van der Waals surface area contributed by atoms with Gasteiger partial charge in [-0.05, 0) is 6.04 Å². The van der Waals surface area contributed by atoms with Crippen LogP contribution in [-0.4, -0.2) is 15.5 Å². The summed E-state index contributed by atoms with van der Waals surface area (Å²) in [5, 5.41) is 0. The lowest BCUT2D eigenvalue weighted by Gasteiger charge is -2.33. The average Bonchev–Trinajstić information content (AvgIpc) is 2.10. The normalized spacial score (nSPS) is 34.8. The Labute approximate surface area is 93.7 Å². The lowest BCUT2D eigenvalue weighted by atomic mass is 10.6. The van der Waals surface area contributed by atoms with Gasteiger partial charge in [0.1, 0.15) is 6.69 Å². The summed E-state index contributed by atoms with van der Waals surface area (Å²) in [5.74, 6) is 0. The monoisotopic (exact) mass is 278 g/mol. The Morgan fingerprint density at radius 2 is 1.77 bits per heavy atom. The fraction of sp³-hybridized carbons (Fsp3) is 1.00. The molecule has 0 spiro atoms. The Hall–Kier alpha value is 0.914. The molecule has 1 rings (SSSR count).